The zero-order chi connectivity index (χ0) is 14.2. The van der Waals surface area contributed by atoms with Crippen LogP contribution in [0, 0.1) is 13.8 Å². The minimum atomic E-state index is -4.38. The molecule has 1 heterocycles. The number of rotatable bonds is 2. The minimum absolute atomic E-state index is 0.122. The van der Waals surface area contributed by atoms with Crippen molar-refractivity contribution in [1.29, 1.82) is 0 Å². The zero-order valence-corrected chi connectivity index (χ0v) is 11.4. The average molecular weight is 285 g/mol. The summed E-state index contributed by atoms with van der Waals surface area (Å²) in [5.74, 6) is 0. The van der Waals surface area contributed by atoms with Crippen molar-refractivity contribution in [3.05, 3.63) is 56.8 Å². The lowest BCUT2D eigenvalue weighted by Crippen LogP contribution is -2.17. The highest BCUT2D eigenvalue weighted by Gasteiger charge is 2.34. The Morgan fingerprint density at radius 1 is 1.16 bits per heavy atom. The fraction of sp³-hybridized carbons (Fsp3) is 0.286. The van der Waals surface area contributed by atoms with E-state index < -0.39 is 17.8 Å². The molecule has 5 heteroatoms. The second-order valence-electron chi connectivity index (χ2n) is 4.45. The number of benzene rings is 1. The first-order valence-electron chi connectivity index (χ1n) is 5.79. The van der Waals surface area contributed by atoms with Gasteiger partial charge in [-0.1, -0.05) is 18.2 Å². The third-order valence-corrected chi connectivity index (χ3v) is 4.33. The van der Waals surface area contributed by atoms with Crippen molar-refractivity contribution in [2.24, 2.45) is 5.73 Å². The predicted octanol–water partition coefficient (Wildman–Crippen LogP) is 4.43. The molecule has 102 valence electrons. The molecule has 1 unspecified atom stereocenters. The highest BCUT2D eigenvalue weighted by atomic mass is 32.1. The number of hydrogen-bond donors (Lipinski definition) is 1. The molecule has 0 saturated heterocycles. The fourth-order valence-corrected chi connectivity index (χ4v) is 3.00. The van der Waals surface area contributed by atoms with Crippen LogP contribution in [0.3, 0.4) is 0 Å². The monoisotopic (exact) mass is 285 g/mol. The summed E-state index contributed by atoms with van der Waals surface area (Å²) in [6, 6.07) is 6.59. The number of halogens is 3. The molecule has 0 aliphatic rings. The lowest BCUT2D eigenvalue weighted by molar-refractivity contribution is -0.138. The van der Waals surface area contributed by atoms with Crippen molar-refractivity contribution in [1.82, 2.24) is 0 Å². The van der Waals surface area contributed by atoms with Crippen LogP contribution < -0.4 is 5.73 Å². The van der Waals surface area contributed by atoms with Crippen LogP contribution in [0.2, 0.25) is 0 Å². The zero-order valence-electron chi connectivity index (χ0n) is 10.6. The fourth-order valence-electron chi connectivity index (χ4n) is 1.93. The molecule has 1 aromatic carbocycles. The van der Waals surface area contributed by atoms with E-state index in [0.29, 0.717) is 0 Å². The van der Waals surface area contributed by atoms with Crippen LogP contribution in [0.5, 0.6) is 0 Å². The molecular weight excluding hydrogens is 271 g/mol. The summed E-state index contributed by atoms with van der Waals surface area (Å²) < 4.78 is 38.9. The second kappa shape index (κ2) is 4.98. The SMILES string of the molecule is Cc1cc(C(N)c2ccccc2C(F)(F)F)sc1C. The van der Waals surface area contributed by atoms with Gasteiger partial charge in [0.25, 0.3) is 0 Å². The summed E-state index contributed by atoms with van der Waals surface area (Å²) in [6.45, 7) is 3.86. The molecule has 2 aromatic rings. The smallest absolute Gasteiger partial charge is 0.320 e. The van der Waals surface area contributed by atoms with Crippen LogP contribution >= 0.6 is 11.3 Å². The maximum atomic E-state index is 13.0. The highest BCUT2D eigenvalue weighted by Crippen LogP contribution is 2.37. The van der Waals surface area contributed by atoms with Gasteiger partial charge >= 0.3 is 6.18 Å². The summed E-state index contributed by atoms with van der Waals surface area (Å²) >= 11 is 1.44. The van der Waals surface area contributed by atoms with E-state index in [1.807, 2.05) is 19.9 Å². The van der Waals surface area contributed by atoms with E-state index in [2.05, 4.69) is 0 Å². The Balaban J connectivity index is 2.47. The molecule has 1 aromatic heterocycles. The van der Waals surface area contributed by atoms with Crippen LogP contribution in [0.15, 0.2) is 30.3 Å². The molecule has 0 bridgehead atoms. The summed E-state index contributed by atoms with van der Waals surface area (Å²) in [5, 5.41) is 0. The normalized spacial score (nSPS) is 13.6. The van der Waals surface area contributed by atoms with Gasteiger partial charge in [-0.25, -0.2) is 0 Å². The summed E-state index contributed by atoms with van der Waals surface area (Å²) in [7, 11) is 0. The number of aryl methyl sites for hydroxylation is 2. The van der Waals surface area contributed by atoms with Crippen LogP contribution in [0.4, 0.5) is 13.2 Å². The molecule has 1 atom stereocenters. The molecule has 19 heavy (non-hydrogen) atoms. The molecule has 0 fully saturated rings. The Hall–Kier alpha value is -1.33. The average Bonchev–Trinajstić information content (AvgIpc) is 2.68. The second-order valence-corrected chi connectivity index (χ2v) is 5.74. The first kappa shape index (κ1) is 14.1. The van der Waals surface area contributed by atoms with E-state index in [9.17, 15) is 13.2 Å². The quantitative estimate of drug-likeness (QED) is 0.867. The number of thiophene rings is 1. The van der Waals surface area contributed by atoms with Crippen LogP contribution in [0.1, 0.15) is 32.5 Å². The Morgan fingerprint density at radius 2 is 1.79 bits per heavy atom. The molecule has 0 radical (unpaired) electrons. The Morgan fingerprint density at radius 3 is 2.32 bits per heavy atom. The standard InChI is InChI=1S/C14H14F3NS/c1-8-7-12(19-9(8)2)13(18)10-5-3-4-6-11(10)14(15,16)17/h3-7,13H,18H2,1-2H3. The van der Waals surface area contributed by atoms with Crippen molar-refractivity contribution in [3.63, 3.8) is 0 Å². The largest absolute Gasteiger partial charge is 0.416 e. The summed E-state index contributed by atoms with van der Waals surface area (Å²) in [5.41, 5.74) is 6.52. The van der Waals surface area contributed by atoms with Crippen molar-refractivity contribution < 1.29 is 13.2 Å². The highest BCUT2D eigenvalue weighted by molar-refractivity contribution is 7.12. The van der Waals surface area contributed by atoms with E-state index in [-0.39, 0.29) is 5.56 Å². The van der Waals surface area contributed by atoms with Gasteiger partial charge in [0.1, 0.15) is 0 Å². The molecule has 0 spiro atoms. The Labute approximate surface area is 113 Å². The molecule has 0 saturated carbocycles. The van der Waals surface area contributed by atoms with Crippen molar-refractivity contribution in [2.45, 2.75) is 26.1 Å². The molecule has 1 nitrogen and oxygen atoms in total. The van der Waals surface area contributed by atoms with Gasteiger partial charge in [0.15, 0.2) is 0 Å². The third-order valence-electron chi connectivity index (χ3n) is 3.09. The van der Waals surface area contributed by atoms with Gasteiger partial charge in [-0.2, -0.15) is 13.2 Å². The predicted molar refractivity (Wildman–Crippen MR) is 71.3 cm³/mol. The molecule has 0 amide bonds. The lowest BCUT2D eigenvalue weighted by Gasteiger charge is -2.17. The van der Waals surface area contributed by atoms with Crippen LogP contribution in [-0.4, -0.2) is 0 Å². The summed E-state index contributed by atoms with van der Waals surface area (Å²) in [4.78, 5) is 1.83. The Bertz CT molecular complexity index is 567. The number of alkyl halides is 3. The van der Waals surface area contributed by atoms with Crippen LogP contribution in [0.25, 0.3) is 0 Å². The van der Waals surface area contributed by atoms with E-state index in [1.54, 1.807) is 6.07 Å². The van der Waals surface area contributed by atoms with Gasteiger partial charge in [-0.15, -0.1) is 11.3 Å². The molecule has 0 aliphatic heterocycles. The molecular formula is C14H14F3NS. The first-order valence-corrected chi connectivity index (χ1v) is 6.61. The molecule has 2 rings (SSSR count). The first-order chi connectivity index (χ1) is 8.80. The number of hydrogen-bond acceptors (Lipinski definition) is 2. The van der Waals surface area contributed by atoms with E-state index in [0.717, 1.165) is 21.4 Å². The van der Waals surface area contributed by atoms with Gasteiger partial charge in [-0.3, -0.25) is 0 Å². The third kappa shape index (κ3) is 2.82. The van der Waals surface area contributed by atoms with Gasteiger partial charge in [0, 0.05) is 9.75 Å². The minimum Gasteiger partial charge on any atom is -0.320 e. The maximum absolute atomic E-state index is 13.0. The topological polar surface area (TPSA) is 26.0 Å². The van der Waals surface area contributed by atoms with Crippen LogP contribution in [-0.2, 0) is 6.18 Å². The van der Waals surface area contributed by atoms with E-state index in [1.165, 1.54) is 23.5 Å². The van der Waals surface area contributed by atoms with Gasteiger partial charge in [0.2, 0.25) is 0 Å². The molecule has 2 N–H and O–H groups in total. The van der Waals surface area contributed by atoms with Crippen molar-refractivity contribution in [3.8, 4) is 0 Å². The number of nitrogens with two attached hydrogens (primary N) is 1. The maximum Gasteiger partial charge on any atom is 0.416 e. The lowest BCUT2D eigenvalue weighted by atomic mass is 9.99. The van der Waals surface area contributed by atoms with Gasteiger partial charge < -0.3 is 5.73 Å². The van der Waals surface area contributed by atoms with Gasteiger partial charge in [0.05, 0.1) is 11.6 Å². The van der Waals surface area contributed by atoms with E-state index >= 15 is 0 Å². The van der Waals surface area contributed by atoms with Gasteiger partial charge in [-0.05, 0) is 37.1 Å². The summed E-state index contributed by atoms with van der Waals surface area (Å²) in [6.07, 6.45) is -4.38. The van der Waals surface area contributed by atoms with Crippen molar-refractivity contribution >= 4 is 11.3 Å². The molecule has 0 aliphatic carbocycles. The van der Waals surface area contributed by atoms with E-state index in [4.69, 9.17) is 5.73 Å². The Kier molecular flexibility index (Phi) is 3.69. The van der Waals surface area contributed by atoms with Crippen molar-refractivity contribution in [2.75, 3.05) is 0 Å².